The number of nitrogens with two attached hydrogens (primary N) is 1. The molecule has 0 atom stereocenters. The number of hydrogen-bond acceptors (Lipinski definition) is 2. The van der Waals surface area contributed by atoms with E-state index in [4.69, 9.17) is 10.5 Å². The van der Waals surface area contributed by atoms with Crippen LogP contribution in [0.3, 0.4) is 0 Å². The molecule has 0 bridgehead atoms. The Morgan fingerprint density at radius 1 is 1.46 bits per heavy atom. The van der Waals surface area contributed by atoms with Crippen molar-refractivity contribution in [3.63, 3.8) is 0 Å². The molecule has 0 radical (unpaired) electrons. The second-order valence-electron chi connectivity index (χ2n) is 4.05. The monoisotopic (exact) mass is 181 g/mol. The largest absolute Gasteiger partial charge is 0.495 e. The number of hydrogen-bond donors (Lipinski definition) is 1. The Morgan fingerprint density at radius 3 is 2.62 bits per heavy atom. The van der Waals surface area contributed by atoms with Crippen LogP contribution in [0.5, 0.6) is 0 Å². The molecule has 72 valence electrons. The quantitative estimate of drug-likeness (QED) is 0.663. The topological polar surface area (TPSA) is 52.3 Å². The molecule has 1 aliphatic heterocycles. The zero-order valence-corrected chi connectivity index (χ0v) is 7.66. The molecule has 2 aliphatic rings. The Balaban J connectivity index is 1.92. The van der Waals surface area contributed by atoms with E-state index >= 15 is 0 Å². The van der Waals surface area contributed by atoms with Gasteiger partial charge >= 0.3 is 0 Å². The molecule has 0 aromatic rings. The highest BCUT2D eigenvalue weighted by Gasteiger charge is 2.38. The van der Waals surface area contributed by atoms with Gasteiger partial charge in [-0.05, 0) is 31.8 Å². The summed E-state index contributed by atoms with van der Waals surface area (Å²) in [5.41, 5.74) is 5.28. The molecule has 3 heteroatoms. The number of ether oxygens (including phenoxy) is 1. The van der Waals surface area contributed by atoms with Crippen molar-refractivity contribution in [1.82, 2.24) is 0 Å². The fraction of sp³-hybridized carbons (Fsp3) is 0.700. The molecule has 13 heavy (non-hydrogen) atoms. The van der Waals surface area contributed by atoms with E-state index in [9.17, 15) is 4.79 Å². The summed E-state index contributed by atoms with van der Waals surface area (Å²) in [4.78, 5) is 10.9. The SMILES string of the molecule is NC(=O)C1CCC2(CC=CO2)CC1. The fourth-order valence-corrected chi connectivity index (χ4v) is 2.25. The van der Waals surface area contributed by atoms with Gasteiger partial charge in [0, 0.05) is 12.3 Å². The van der Waals surface area contributed by atoms with Gasteiger partial charge in [0.25, 0.3) is 0 Å². The molecule has 1 amide bonds. The van der Waals surface area contributed by atoms with E-state index in [1.165, 1.54) is 0 Å². The van der Waals surface area contributed by atoms with E-state index in [1.807, 2.05) is 0 Å². The Hall–Kier alpha value is -0.990. The van der Waals surface area contributed by atoms with Gasteiger partial charge in [0.05, 0.1) is 6.26 Å². The standard InChI is InChI=1S/C10H15NO2/c11-9(12)8-2-5-10(6-3-8)4-1-7-13-10/h1,7-8H,2-6H2,(H2,11,12). The minimum absolute atomic E-state index is 0.0198. The molecule has 0 saturated heterocycles. The first-order chi connectivity index (χ1) is 6.22. The van der Waals surface area contributed by atoms with Gasteiger partial charge in [-0.1, -0.05) is 0 Å². The average molecular weight is 181 g/mol. The van der Waals surface area contributed by atoms with Crippen LogP contribution in [0.25, 0.3) is 0 Å². The molecule has 1 spiro atoms. The molecule has 2 N–H and O–H groups in total. The third-order valence-electron chi connectivity index (χ3n) is 3.20. The zero-order chi connectivity index (χ0) is 9.31. The normalized spacial score (nSPS) is 37.7. The van der Waals surface area contributed by atoms with Gasteiger partial charge in [-0.15, -0.1) is 0 Å². The zero-order valence-electron chi connectivity index (χ0n) is 7.66. The van der Waals surface area contributed by atoms with Gasteiger partial charge in [-0.25, -0.2) is 0 Å². The molecular weight excluding hydrogens is 166 g/mol. The van der Waals surface area contributed by atoms with Gasteiger partial charge < -0.3 is 10.5 Å². The lowest BCUT2D eigenvalue weighted by Gasteiger charge is -2.35. The molecular formula is C10H15NO2. The lowest BCUT2D eigenvalue weighted by atomic mass is 9.77. The summed E-state index contributed by atoms with van der Waals surface area (Å²) >= 11 is 0. The van der Waals surface area contributed by atoms with Crippen LogP contribution in [0.1, 0.15) is 32.1 Å². The van der Waals surface area contributed by atoms with Gasteiger partial charge in [0.2, 0.25) is 5.91 Å². The van der Waals surface area contributed by atoms with Crippen molar-refractivity contribution in [1.29, 1.82) is 0 Å². The summed E-state index contributed by atoms with van der Waals surface area (Å²) < 4.78 is 5.58. The highest BCUT2D eigenvalue weighted by atomic mass is 16.5. The van der Waals surface area contributed by atoms with Gasteiger partial charge in [0.1, 0.15) is 5.60 Å². The summed E-state index contributed by atoms with van der Waals surface area (Å²) in [5.74, 6) is -0.0735. The molecule has 0 aromatic carbocycles. The van der Waals surface area contributed by atoms with E-state index in [-0.39, 0.29) is 17.4 Å². The predicted molar refractivity (Wildman–Crippen MR) is 48.7 cm³/mol. The first kappa shape index (κ1) is 8.60. The molecule has 1 aliphatic carbocycles. The van der Waals surface area contributed by atoms with Crippen molar-refractivity contribution in [3.05, 3.63) is 12.3 Å². The number of amides is 1. The second-order valence-corrected chi connectivity index (χ2v) is 4.05. The van der Waals surface area contributed by atoms with Crippen LogP contribution < -0.4 is 5.73 Å². The fourth-order valence-electron chi connectivity index (χ4n) is 2.25. The predicted octanol–water partition coefficient (Wildman–Crippen LogP) is 1.33. The van der Waals surface area contributed by atoms with Crippen LogP contribution in [0.4, 0.5) is 0 Å². The van der Waals surface area contributed by atoms with Gasteiger partial charge in [0.15, 0.2) is 0 Å². The molecule has 0 unspecified atom stereocenters. The van der Waals surface area contributed by atoms with Gasteiger partial charge in [-0.2, -0.15) is 0 Å². The summed E-state index contributed by atoms with van der Waals surface area (Å²) in [5, 5.41) is 0. The summed E-state index contributed by atoms with van der Waals surface area (Å²) in [6, 6.07) is 0. The Labute approximate surface area is 77.9 Å². The van der Waals surface area contributed by atoms with Crippen molar-refractivity contribution in [2.75, 3.05) is 0 Å². The average Bonchev–Trinajstić information content (AvgIpc) is 2.54. The van der Waals surface area contributed by atoms with E-state index in [2.05, 4.69) is 6.08 Å². The number of carbonyl (C=O) groups excluding carboxylic acids is 1. The maximum atomic E-state index is 10.9. The van der Waals surface area contributed by atoms with Crippen LogP contribution in [-0.4, -0.2) is 11.5 Å². The minimum atomic E-state index is -0.152. The highest BCUT2D eigenvalue weighted by molar-refractivity contribution is 5.76. The van der Waals surface area contributed by atoms with E-state index < -0.39 is 0 Å². The Kier molecular flexibility index (Phi) is 2.02. The van der Waals surface area contributed by atoms with Crippen molar-refractivity contribution < 1.29 is 9.53 Å². The van der Waals surface area contributed by atoms with Crippen molar-refractivity contribution in [2.24, 2.45) is 11.7 Å². The molecule has 1 heterocycles. The van der Waals surface area contributed by atoms with Crippen molar-refractivity contribution in [3.8, 4) is 0 Å². The maximum Gasteiger partial charge on any atom is 0.220 e. The van der Waals surface area contributed by atoms with E-state index in [1.54, 1.807) is 6.26 Å². The molecule has 0 aromatic heterocycles. The smallest absolute Gasteiger partial charge is 0.220 e. The first-order valence-electron chi connectivity index (χ1n) is 4.84. The summed E-state index contributed by atoms with van der Waals surface area (Å²) in [6.45, 7) is 0. The van der Waals surface area contributed by atoms with Crippen LogP contribution >= 0.6 is 0 Å². The highest BCUT2D eigenvalue weighted by Crippen LogP contribution is 2.40. The lowest BCUT2D eigenvalue weighted by Crippen LogP contribution is -2.37. The second kappa shape index (κ2) is 3.05. The first-order valence-corrected chi connectivity index (χ1v) is 4.84. The van der Waals surface area contributed by atoms with Crippen LogP contribution in [0.15, 0.2) is 12.3 Å². The lowest BCUT2D eigenvalue weighted by molar-refractivity contribution is -0.124. The maximum absolute atomic E-state index is 10.9. The Morgan fingerprint density at radius 2 is 2.15 bits per heavy atom. The Bertz CT molecular complexity index is 229. The third kappa shape index (κ3) is 1.55. The summed E-state index contributed by atoms with van der Waals surface area (Å²) in [6.07, 6.45) is 8.54. The minimum Gasteiger partial charge on any atom is -0.495 e. The third-order valence-corrected chi connectivity index (χ3v) is 3.20. The van der Waals surface area contributed by atoms with Gasteiger partial charge in [-0.3, -0.25) is 4.79 Å². The van der Waals surface area contributed by atoms with Crippen molar-refractivity contribution >= 4 is 5.91 Å². The van der Waals surface area contributed by atoms with E-state index in [0.29, 0.717) is 0 Å². The summed E-state index contributed by atoms with van der Waals surface area (Å²) in [7, 11) is 0. The van der Waals surface area contributed by atoms with E-state index in [0.717, 1.165) is 32.1 Å². The van der Waals surface area contributed by atoms with Crippen molar-refractivity contribution in [2.45, 2.75) is 37.7 Å². The molecule has 1 saturated carbocycles. The molecule has 2 rings (SSSR count). The molecule has 3 nitrogen and oxygen atoms in total. The van der Waals surface area contributed by atoms with Crippen LogP contribution in [-0.2, 0) is 9.53 Å². The van der Waals surface area contributed by atoms with Crippen LogP contribution in [0.2, 0.25) is 0 Å². The molecule has 1 fully saturated rings. The van der Waals surface area contributed by atoms with Crippen LogP contribution in [0, 0.1) is 5.92 Å². The number of carbonyl (C=O) groups is 1. The number of rotatable bonds is 1. The number of primary amides is 1.